The standard InChI is InChI=1S/C14H17NO5S/c1-10-6-8-11(9-7-10)21(17,18)15-13-5-3-4-12(20-13)14(16)19-2/h6-9,12H,3-5H2,1-2H3/b15-13+. The van der Waals surface area contributed by atoms with E-state index in [2.05, 4.69) is 9.13 Å². The molecule has 1 aromatic rings. The van der Waals surface area contributed by atoms with Gasteiger partial charge in [0.25, 0.3) is 10.0 Å². The number of ether oxygens (including phenoxy) is 2. The van der Waals surface area contributed by atoms with Gasteiger partial charge in [-0.2, -0.15) is 8.42 Å². The fourth-order valence-corrected chi connectivity index (χ4v) is 2.97. The Balaban J connectivity index is 2.21. The number of hydrogen-bond acceptors (Lipinski definition) is 5. The quantitative estimate of drug-likeness (QED) is 0.795. The van der Waals surface area contributed by atoms with E-state index < -0.39 is 22.1 Å². The van der Waals surface area contributed by atoms with Gasteiger partial charge in [-0.25, -0.2) is 4.79 Å². The summed E-state index contributed by atoms with van der Waals surface area (Å²) in [5.74, 6) is -0.465. The smallest absolute Gasteiger partial charge is 0.347 e. The van der Waals surface area contributed by atoms with E-state index in [0.29, 0.717) is 19.3 Å². The summed E-state index contributed by atoms with van der Waals surface area (Å²) in [4.78, 5) is 11.5. The van der Waals surface area contributed by atoms with Gasteiger partial charge >= 0.3 is 5.97 Å². The summed E-state index contributed by atoms with van der Waals surface area (Å²) in [5, 5.41) is 0. The van der Waals surface area contributed by atoms with Crippen LogP contribution in [0.25, 0.3) is 0 Å². The molecule has 0 saturated carbocycles. The van der Waals surface area contributed by atoms with Gasteiger partial charge in [-0.15, -0.1) is 4.40 Å². The van der Waals surface area contributed by atoms with E-state index >= 15 is 0 Å². The molecule has 0 N–H and O–H groups in total. The number of carbonyl (C=O) groups is 1. The molecule has 1 unspecified atom stereocenters. The number of esters is 1. The van der Waals surface area contributed by atoms with Crippen molar-refractivity contribution in [2.45, 2.75) is 37.2 Å². The third-order valence-electron chi connectivity index (χ3n) is 3.14. The predicted octanol–water partition coefficient (Wildman–Crippen LogP) is 1.82. The topological polar surface area (TPSA) is 82.0 Å². The maximum absolute atomic E-state index is 12.2. The molecule has 1 aliphatic rings. The van der Waals surface area contributed by atoms with E-state index in [1.54, 1.807) is 12.1 Å². The molecule has 1 fully saturated rings. The summed E-state index contributed by atoms with van der Waals surface area (Å²) in [6, 6.07) is 6.39. The first-order valence-electron chi connectivity index (χ1n) is 6.57. The molecule has 21 heavy (non-hydrogen) atoms. The maximum Gasteiger partial charge on any atom is 0.347 e. The normalized spacial score (nSPS) is 20.9. The van der Waals surface area contributed by atoms with Crippen molar-refractivity contribution in [3.05, 3.63) is 29.8 Å². The molecule has 1 atom stereocenters. The fraction of sp³-hybridized carbons (Fsp3) is 0.429. The highest BCUT2D eigenvalue weighted by Crippen LogP contribution is 2.20. The number of aryl methyl sites for hydroxylation is 1. The summed E-state index contributed by atoms with van der Waals surface area (Å²) in [6.45, 7) is 1.87. The van der Waals surface area contributed by atoms with Gasteiger partial charge in [0.05, 0.1) is 12.0 Å². The number of hydrogen-bond donors (Lipinski definition) is 0. The van der Waals surface area contributed by atoms with Crippen LogP contribution in [0.4, 0.5) is 0 Å². The Labute approximate surface area is 123 Å². The molecule has 1 saturated heterocycles. The first-order valence-corrected chi connectivity index (χ1v) is 8.01. The summed E-state index contributed by atoms with van der Waals surface area (Å²) in [5.41, 5.74) is 0.960. The third-order valence-corrected chi connectivity index (χ3v) is 4.45. The summed E-state index contributed by atoms with van der Waals surface area (Å²) in [6.07, 6.45) is 0.729. The molecule has 2 rings (SSSR count). The highest BCUT2D eigenvalue weighted by atomic mass is 32.2. The second-order valence-corrected chi connectivity index (χ2v) is 6.40. The summed E-state index contributed by atoms with van der Waals surface area (Å²) in [7, 11) is -2.56. The fourth-order valence-electron chi connectivity index (χ4n) is 1.98. The minimum absolute atomic E-state index is 0.0530. The molecule has 0 amide bonds. The van der Waals surface area contributed by atoms with Gasteiger partial charge in [0, 0.05) is 6.42 Å². The highest BCUT2D eigenvalue weighted by Gasteiger charge is 2.28. The maximum atomic E-state index is 12.2. The van der Waals surface area contributed by atoms with Crippen molar-refractivity contribution in [1.82, 2.24) is 0 Å². The van der Waals surface area contributed by atoms with Crippen molar-refractivity contribution in [3.63, 3.8) is 0 Å². The highest BCUT2D eigenvalue weighted by molar-refractivity contribution is 7.90. The molecule has 0 radical (unpaired) electrons. The van der Waals surface area contributed by atoms with E-state index in [0.717, 1.165) is 5.56 Å². The zero-order chi connectivity index (χ0) is 15.5. The molecule has 6 nitrogen and oxygen atoms in total. The van der Waals surface area contributed by atoms with Crippen LogP contribution in [0, 0.1) is 6.92 Å². The Morgan fingerprint density at radius 3 is 2.62 bits per heavy atom. The van der Waals surface area contributed by atoms with Crippen LogP contribution >= 0.6 is 0 Å². The second kappa shape index (κ2) is 6.26. The molecule has 7 heteroatoms. The summed E-state index contributed by atoms with van der Waals surface area (Å²) >= 11 is 0. The van der Waals surface area contributed by atoms with Gasteiger partial charge in [-0.1, -0.05) is 17.7 Å². The second-order valence-electron chi connectivity index (χ2n) is 4.80. The molecule has 1 aromatic carbocycles. The first-order chi connectivity index (χ1) is 9.92. The monoisotopic (exact) mass is 311 g/mol. The van der Waals surface area contributed by atoms with E-state index in [1.165, 1.54) is 19.2 Å². The molecule has 0 aliphatic carbocycles. The van der Waals surface area contributed by atoms with E-state index in [9.17, 15) is 13.2 Å². The van der Waals surface area contributed by atoms with Crippen molar-refractivity contribution in [2.75, 3.05) is 7.11 Å². The van der Waals surface area contributed by atoms with Crippen LogP contribution in [0.1, 0.15) is 24.8 Å². The molecule has 1 aliphatic heterocycles. The van der Waals surface area contributed by atoms with Gasteiger partial charge in [-0.05, 0) is 31.9 Å². The number of rotatable bonds is 3. The average Bonchev–Trinajstić information content (AvgIpc) is 2.46. The number of carbonyl (C=O) groups excluding carboxylic acids is 1. The van der Waals surface area contributed by atoms with Gasteiger partial charge in [0.2, 0.25) is 5.90 Å². The van der Waals surface area contributed by atoms with Crippen LogP contribution in [0.15, 0.2) is 33.6 Å². The largest absolute Gasteiger partial charge is 0.466 e. The molecular formula is C14H17NO5S. The van der Waals surface area contributed by atoms with Gasteiger partial charge in [0.15, 0.2) is 6.10 Å². The van der Waals surface area contributed by atoms with E-state index in [1.807, 2.05) is 6.92 Å². The molecule has 0 bridgehead atoms. The van der Waals surface area contributed by atoms with Crippen molar-refractivity contribution >= 4 is 21.9 Å². The van der Waals surface area contributed by atoms with Crippen LogP contribution in [0.5, 0.6) is 0 Å². The predicted molar refractivity (Wildman–Crippen MR) is 76.5 cm³/mol. The van der Waals surface area contributed by atoms with Crippen LogP contribution in [-0.2, 0) is 24.3 Å². The minimum Gasteiger partial charge on any atom is -0.466 e. The minimum atomic E-state index is -3.82. The van der Waals surface area contributed by atoms with Crippen molar-refractivity contribution < 1.29 is 22.7 Å². The number of benzene rings is 1. The number of nitrogens with zero attached hydrogens (tertiary/aromatic N) is 1. The zero-order valence-electron chi connectivity index (χ0n) is 11.9. The molecular weight excluding hydrogens is 294 g/mol. The third kappa shape index (κ3) is 3.81. The van der Waals surface area contributed by atoms with Crippen LogP contribution in [-0.4, -0.2) is 33.5 Å². The van der Waals surface area contributed by atoms with Crippen LogP contribution < -0.4 is 0 Å². The Morgan fingerprint density at radius 2 is 2.00 bits per heavy atom. The lowest BCUT2D eigenvalue weighted by molar-refractivity contribution is -0.150. The Morgan fingerprint density at radius 1 is 1.33 bits per heavy atom. The van der Waals surface area contributed by atoms with Crippen molar-refractivity contribution in [2.24, 2.45) is 4.40 Å². The van der Waals surface area contributed by atoms with Gasteiger partial charge in [0.1, 0.15) is 0 Å². The van der Waals surface area contributed by atoms with Crippen LogP contribution in [0.3, 0.4) is 0 Å². The zero-order valence-corrected chi connectivity index (χ0v) is 12.7. The molecule has 1 heterocycles. The molecule has 0 aromatic heterocycles. The lowest BCUT2D eigenvalue weighted by Crippen LogP contribution is -2.32. The van der Waals surface area contributed by atoms with Crippen LogP contribution in [0.2, 0.25) is 0 Å². The summed E-state index contributed by atoms with van der Waals surface area (Å²) < 4.78 is 38.0. The number of methoxy groups -OCH3 is 1. The Kier molecular flexibility index (Phi) is 4.62. The van der Waals surface area contributed by atoms with E-state index in [-0.39, 0.29) is 10.8 Å². The van der Waals surface area contributed by atoms with Gasteiger partial charge in [-0.3, -0.25) is 0 Å². The van der Waals surface area contributed by atoms with E-state index in [4.69, 9.17) is 4.74 Å². The van der Waals surface area contributed by atoms with Crippen molar-refractivity contribution in [1.29, 1.82) is 0 Å². The lowest BCUT2D eigenvalue weighted by Gasteiger charge is -2.22. The Bertz CT molecular complexity index is 648. The van der Waals surface area contributed by atoms with Gasteiger partial charge < -0.3 is 9.47 Å². The first kappa shape index (κ1) is 15.5. The number of sulfonamides is 1. The molecule has 114 valence electrons. The SMILES string of the molecule is COC(=O)C1CCC/C(=N\S(=O)(=O)c2ccc(C)cc2)O1. The van der Waals surface area contributed by atoms with Crippen molar-refractivity contribution in [3.8, 4) is 0 Å². The lowest BCUT2D eigenvalue weighted by atomic mass is 10.1. The average molecular weight is 311 g/mol. The Hall–Kier alpha value is -1.89. The molecule has 0 spiro atoms.